The number of halogens is 2. The zero-order chi connectivity index (χ0) is 10.3. The van der Waals surface area contributed by atoms with Gasteiger partial charge in [-0.05, 0) is 29.0 Å². The van der Waals surface area contributed by atoms with Crippen LogP contribution in [0.3, 0.4) is 0 Å². The zero-order valence-corrected chi connectivity index (χ0v) is 12.1. The van der Waals surface area contributed by atoms with Gasteiger partial charge in [0.15, 0.2) is 0 Å². The summed E-state index contributed by atoms with van der Waals surface area (Å²) < 4.78 is 0.912. The molecule has 0 aromatic heterocycles. The van der Waals surface area contributed by atoms with Gasteiger partial charge in [-0.25, -0.2) is 0 Å². The average molecular weight is 410 g/mol. The Labute approximate surface area is 107 Å². The second-order valence-electron chi connectivity index (χ2n) is 2.99. The molecule has 0 spiro atoms. The number of aliphatic hydroxyl groups is 2. The maximum atomic E-state index is 8.82. The molecule has 0 heterocycles. The summed E-state index contributed by atoms with van der Waals surface area (Å²) >= 11 is 4.24. The molecule has 0 fully saturated rings. The number of unbranched alkanes of at least 4 members (excludes halogenated alkanes) is 3. The first-order valence-electron chi connectivity index (χ1n) is 4.51. The number of allylic oxidation sites excluding steroid dienone is 1. The largest absolute Gasteiger partial charge is 0.481 e. The molecule has 0 aliphatic carbocycles. The van der Waals surface area contributed by atoms with E-state index in [1.54, 1.807) is 0 Å². The molecule has 2 nitrogen and oxygen atoms in total. The smallest absolute Gasteiger partial charge is 0.284 e. The van der Waals surface area contributed by atoms with Gasteiger partial charge in [-0.3, -0.25) is 0 Å². The third kappa shape index (κ3) is 6.82. The molecule has 0 bridgehead atoms. The fourth-order valence-corrected chi connectivity index (χ4v) is 2.05. The highest BCUT2D eigenvalue weighted by molar-refractivity contribution is 14.1. The summed E-state index contributed by atoms with van der Waals surface area (Å²) in [4.78, 5) is 0. The molecule has 4 heteroatoms. The Morgan fingerprint density at radius 1 is 1.23 bits per heavy atom. The third-order valence-corrected chi connectivity index (χ3v) is 5.47. The first kappa shape index (κ1) is 13.8. The van der Waals surface area contributed by atoms with E-state index >= 15 is 0 Å². The second-order valence-corrected chi connectivity index (χ2v) is 5.65. The van der Waals surface area contributed by atoms with Gasteiger partial charge in [-0.1, -0.05) is 55.2 Å². The van der Waals surface area contributed by atoms with Gasteiger partial charge in [0.2, 0.25) is 0 Å². The van der Waals surface area contributed by atoms with Crippen molar-refractivity contribution in [3.05, 3.63) is 9.53 Å². The van der Waals surface area contributed by atoms with Crippen LogP contribution in [0.5, 0.6) is 0 Å². The second kappa shape index (κ2) is 8.14. The van der Waals surface area contributed by atoms with Crippen LogP contribution in [0.4, 0.5) is 0 Å². The minimum atomic E-state index is -0.518. The molecule has 0 radical (unpaired) electrons. The lowest BCUT2D eigenvalue weighted by Gasteiger charge is -2.08. The molecule has 0 rings (SSSR count). The standard InChI is InChI=1S/C9H16I2O2/c1-2-3-4-5-6-7(10)8(11)9(12)13/h7,12-13H,2-6H2,1H3. The first-order chi connectivity index (χ1) is 6.09. The molecule has 78 valence electrons. The predicted molar refractivity (Wildman–Crippen MR) is 72.9 cm³/mol. The molecule has 0 aromatic rings. The van der Waals surface area contributed by atoms with Gasteiger partial charge in [0.1, 0.15) is 0 Å². The Morgan fingerprint density at radius 2 is 1.85 bits per heavy atom. The fourth-order valence-electron chi connectivity index (χ4n) is 1.02. The van der Waals surface area contributed by atoms with Gasteiger partial charge in [0.25, 0.3) is 5.95 Å². The Bertz CT molecular complexity index is 165. The maximum Gasteiger partial charge on any atom is 0.284 e. The van der Waals surface area contributed by atoms with Crippen LogP contribution >= 0.6 is 45.2 Å². The van der Waals surface area contributed by atoms with E-state index in [-0.39, 0.29) is 3.92 Å². The molecule has 0 amide bonds. The van der Waals surface area contributed by atoms with Crippen LogP contribution in [0.15, 0.2) is 9.53 Å². The van der Waals surface area contributed by atoms with Crippen LogP contribution < -0.4 is 0 Å². The molecule has 0 aliphatic heterocycles. The summed E-state index contributed by atoms with van der Waals surface area (Å²) in [5, 5.41) is 17.6. The number of rotatable bonds is 6. The quantitative estimate of drug-likeness (QED) is 0.294. The van der Waals surface area contributed by atoms with Crippen molar-refractivity contribution >= 4 is 45.2 Å². The van der Waals surface area contributed by atoms with Crippen LogP contribution in [0, 0.1) is 0 Å². The maximum absolute atomic E-state index is 8.82. The summed E-state index contributed by atoms with van der Waals surface area (Å²) in [5.41, 5.74) is 0. The van der Waals surface area contributed by atoms with Crippen LogP contribution in [-0.2, 0) is 0 Å². The lowest BCUT2D eigenvalue weighted by molar-refractivity contribution is 0.188. The van der Waals surface area contributed by atoms with Crippen molar-refractivity contribution in [2.24, 2.45) is 0 Å². The Hall–Kier alpha value is 0.800. The van der Waals surface area contributed by atoms with E-state index in [1.165, 1.54) is 25.7 Å². The van der Waals surface area contributed by atoms with Crippen LogP contribution in [-0.4, -0.2) is 14.1 Å². The van der Waals surface area contributed by atoms with E-state index in [2.05, 4.69) is 29.5 Å². The van der Waals surface area contributed by atoms with Gasteiger partial charge >= 0.3 is 0 Å². The first-order valence-corrected chi connectivity index (χ1v) is 6.83. The minimum absolute atomic E-state index is 0.250. The summed E-state index contributed by atoms with van der Waals surface area (Å²) in [6.07, 6.45) is 5.95. The minimum Gasteiger partial charge on any atom is -0.481 e. The van der Waals surface area contributed by atoms with E-state index in [0.29, 0.717) is 3.58 Å². The monoisotopic (exact) mass is 410 g/mol. The van der Waals surface area contributed by atoms with Crippen molar-refractivity contribution in [3.8, 4) is 0 Å². The number of alkyl halides is 1. The van der Waals surface area contributed by atoms with Gasteiger partial charge in [0, 0.05) is 3.92 Å². The van der Waals surface area contributed by atoms with E-state index in [4.69, 9.17) is 10.2 Å². The SMILES string of the molecule is CCCCCCC(I)C(I)=C(O)O. The lowest BCUT2D eigenvalue weighted by Crippen LogP contribution is -2.00. The number of hydrogen-bond donors (Lipinski definition) is 2. The summed E-state index contributed by atoms with van der Waals surface area (Å²) in [7, 11) is 0. The summed E-state index contributed by atoms with van der Waals surface area (Å²) in [6.45, 7) is 2.19. The topological polar surface area (TPSA) is 40.5 Å². The zero-order valence-electron chi connectivity index (χ0n) is 7.76. The van der Waals surface area contributed by atoms with E-state index in [9.17, 15) is 0 Å². The summed E-state index contributed by atoms with van der Waals surface area (Å²) in [5.74, 6) is -0.518. The van der Waals surface area contributed by atoms with Crippen LogP contribution in [0.2, 0.25) is 0 Å². The molecule has 1 atom stereocenters. The van der Waals surface area contributed by atoms with E-state index < -0.39 is 5.95 Å². The number of hydrogen-bond acceptors (Lipinski definition) is 2. The molecular formula is C9H16I2O2. The van der Waals surface area contributed by atoms with Crippen molar-refractivity contribution in [1.29, 1.82) is 0 Å². The Kier molecular flexibility index (Phi) is 8.64. The van der Waals surface area contributed by atoms with Gasteiger partial charge in [-0.15, -0.1) is 0 Å². The van der Waals surface area contributed by atoms with Gasteiger partial charge < -0.3 is 10.2 Å². The molecule has 0 saturated carbocycles. The molecule has 1 unspecified atom stereocenters. The van der Waals surface area contributed by atoms with Gasteiger partial charge in [0.05, 0.1) is 3.58 Å². The van der Waals surface area contributed by atoms with Crippen molar-refractivity contribution in [1.82, 2.24) is 0 Å². The highest BCUT2D eigenvalue weighted by atomic mass is 127. The number of aliphatic hydroxyl groups excluding tert-OH is 1. The third-order valence-electron chi connectivity index (χ3n) is 1.80. The predicted octanol–water partition coefficient (Wildman–Crippen LogP) is 4.48. The molecular weight excluding hydrogens is 394 g/mol. The van der Waals surface area contributed by atoms with E-state index in [1.807, 2.05) is 22.6 Å². The highest BCUT2D eigenvalue weighted by Crippen LogP contribution is 2.26. The summed E-state index contributed by atoms with van der Waals surface area (Å²) in [6, 6.07) is 0. The molecule has 0 aromatic carbocycles. The molecule has 2 N–H and O–H groups in total. The highest BCUT2D eigenvalue weighted by Gasteiger charge is 2.11. The molecule has 13 heavy (non-hydrogen) atoms. The normalized spacial score (nSPS) is 12.5. The Morgan fingerprint density at radius 3 is 2.31 bits per heavy atom. The van der Waals surface area contributed by atoms with Crippen LogP contribution in [0.1, 0.15) is 39.0 Å². The molecule has 0 saturated heterocycles. The molecule has 0 aliphatic rings. The van der Waals surface area contributed by atoms with Crippen molar-refractivity contribution in [2.45, 2.75) is 43.0 Å². The van der Waals surface area contributed by atoms with Crippen molar-refractivity contribution in [3.63, 3.8) is 0 Å². The van der Waals surface area contributed by atoms with Crippen molar-refractivity contribution in [2.75, 3.05) is 0 Å². The van der Waals surface area contributed by atoms with Crippen LogP contribution in [0.25, 0.3) is 0 Å². The lowest BCUT2D eigenvalue weighted by atomic mass is 10.1. The van der Waals surface area contributed by atoms with Gasteiger partial charge in [-0.2, -0.15) is 0 Å². The van der Waals surface area contributed by atoms with Crippen molar-refractivity contribution < 1.29 is 10.2 Å². The average Bonchev–Trinajstić information content (AvgIpc) is 2.10. The Balaban J connectivity index is 3.63. The van der Waals surface area contributed by atoms with E-state index in [0.717, 1.165) is 6.42 Å². The fraction of sp³-hybridized carbons (Fsp3) is 0.778.